The van der Waals surface area contributed by atoms with Gasteiger partial charge in [-0.3, -0.25) is 0 Å². The Bertz CT molecular complexity index is 694. The fraction of sp³-hybridized carbons (Fsp3) is 0.720. The van der Waals surface area contributed by atoms with Gasteiger partial charge in [-0.05, 0) is 81.7 Å². The van der Waals surface area contributed by atoms with E-state index in [1.807, 2.05) is 0 Å². The van der Waals surface area contributed by atoms with Crippen LogP contribution < -0.4 is 10.1 Å². The monoisotopic (exact) mass is 448 g/mol. The molecule has 1 amide bonds. The molecule has 2 saturated heterocycles. The number of alkyl carbamates (subject to hydrolysis) is 1. The van der Waals surface area contributed by atoms with Gasteiger partial charge >= 0.3 is 6.09 Å². The number of likely N-dealkylation sites (tertiary alicyclic amines) is 1. The van der Waals surface area contributed by atoms with Crippen LogP contribution in [-0.4, -0.2) is 62.1 Å². The normalized spacial score (nSPS) is 25.9. The molecule has 178 valence electrons. The number of nitrogens with one attached hydrogen (secondary N) is 1. The molecular formula is C25H37FN2O4. The largest absolute Gasteiger partial charge is 0.490 e. The second kappa shape index (κ2) is 11.8. The zero-order valence-corrected chi connectivity index (χ0v) is 19.0. The van der Waals surface area contributed by atoms with Gasteiger partial charge in [-0.25, -0.2) is 9.18 Å². The minimum Gasteiger partial charge on any atom is -0.490 e. The third kappa shape index (κ3) is 7.34. The lowest BCUT2D eigenvalue weighted by molar-refractivity contribution is 0.000257. The van der Waals surface area contributed by atoms with Crippen molar-refractivity contribution in [1.82, 2.24) is 10.2 Å². The van der Waals surface area contributed by atoms with E-state index in [9.17, 15) is 9.18 Å². The van der Waals surface area contributed by atoms with Crippen molar-refractivity contribution in [2.75, 3.05) is 32.8 Å². The molecule has 2 heterocycles. The molecule has 2 aliphatic heterocycles. The lowest BCUT2D eigenvalue weighted by Gasteiger charge is -2.34. The summed E-state index contributed by atoms with van der Waals surface area (Å²) in [6.45, 7) is 4.61. The van der Waals surface area contributed by atoms with E-state index < -0.39 is 0 Å². The molecule has 3 fully saturated rings. The van der Waals surface area contributed by atoms with Crippen molar-refractivity contribution < 1.29 is 23.4 Å². The summed E-state index contributed by atoms with van der Waals surface area (Å²) >= 11 is 0. The van der Waals surface area contributed by atoms with Crippen LogP contribution in [0.15, 0.2) is 24.3 Å². The van der Waals surface area contributed by atoms with Crippen molar-refractivity contribution in [3.63, 3.8) is 0 Å². The molecule has 1 saturated carbocycles. The average molecular weight is 449 g/mol. The van der Waals surface area contributed by atoms with Crippen molar-refractivity contribution >= 4 is 6.09 Å². The van der Waals surface area contributed by atoms with Gasteiger partial charge in [0.2, 0.25) is 0 Å². The molecule has 3 aliphatic rings. The first kappa shape index (κ1) is 23.3. The third-order valence-electron chi connectivity index (χ3n) is 7.12. The number of piperidine rings is 1. The second-order valence-electron chi connectivity index (χ2n) is 9.48. The van der Waals surface area contributed by atoms with Crippen LogP contribution in [0.1, 0.15) is 57.8 Å². The molecule has 0 bridgehead atoms. The van der Waals surface area contributed by atoms with Crippen molar-refractivity contribution in [1.29, 1.82) is 0 Å². The number of nitrogens with zero attached hydrogens (tertiary/aromatic N) is 1. The van der Waals surface area contributed by atoms with Crippen LogP contribution in [0.5, 0.6) is 5.75 Å². The van der Waals surface area contributed by atoms with Gasteiger partial charge in [-0.15, -0.1) is 0 Å². The summed E-state index contributed by atoms with van der Waals surface area (Å²) < 4.78 is 29.9. The number of hydrogen-bond acceptors (Lipinski definition) is 5. The fourth-order valence-electron chi connectivity index (χ4n) is 5.06. The lowest BCUT2D eigenvalue weighted by atomic mass is 9.84. The quantitative estimate of drug-likeness (QED) is 0.665. The van der Waals surface area contributed by atoms with Gasteiger partial charge < -0.3 is 24.4 Å². The van der Waals surface area contributed by atoms with Crippen molar-refractivity contribution in [3.8, 4) is 5.75 Å². The van der Waals surface area contributed by atoms with Crippen molar-refractivity contribution in [3.05, 3.63) is 30.1 Å². The van der Waals surface area contributed by atoms with Gasteiger partial charge in [0.15, 0.2) is 0 Å². The number of benzene rings is 1. The maximum atomic E-state index is 13.0. The van der Waals surface area contributed by atoms with Gasteiger partial charge in [-0.1, -0.05) is 0 Å². The molecular weight excluding hydrogens is 411 g/mol. The number of halogens is 1. The first-order valence-corrected chi connectivity index (χ1v) is 12.3. The molecule has 1 aliphatic carbocycles. The summed E-state index contributed by atoms with van der Waals surface area (Å²) in [6.07, 6.45) is 9.26. The fourth-order valence-corrected chi connectivity index (χ4v) is 5.06. The lowest BCUT2D eigenvalue weighted by Crippen LogP contribution is -2.41. The first-order valence-electron chi connectivity index (χ1n) is 12.3. The van der Waals surface area contributed by atoms with Gasteiger partial charge in [0, 0.05) is 32.0 Å². The number of ether oxygens (including phenoxy) is 3. The summed E-state index contributed by atoms with van der Waals surface area (Å²) in [5, 5.41) is 3.07. The standard InChI is InChI=1S/C25H37FN2O4/c26-20-3-7-22(8-4-20)31-23-10-15-28(16-11-23)14-9-19-1-5-21(6-2-19)27-25(29)32-24-12-17-30-18-13-24/h3-4,7-8,19,21,23-24H,1-2,5-6,9-18H2,(H,27,29)/t19-,21-. The molecule has 0 aromatic heterocycles. The topological polar surface area (TPSA) is 60.0 Å². The van der Waals surface area contributed by atoms with Gasteiger partial charge in [-0.2, -0.15) is 0 Å². The first-order chi connectivity index (χ1) is 15.6. The van der Waals surface area contributed by atoms with Crippen molar-refractivity contribution in [2.24, 2.45) is 5.92 Å². The SMILES string of the molecule is O=C(N[C@H]1CC[C@H](CCN2CCC(Oc3ccc(F)cc3)CC2)CC1)OC1CCOCC1. The molecule has 4 rings (SSSR count). The van der Waals surface area contributed by atoms with Crippen LogP contribution in [0.25, 0.3) is 0 Å². The van der Waals surface area contributed by atoms with E-state index >= 15 is 0 Å². The Labute approximate surface area is 190 Å². The molecule has 0 unspecified atom stereocenters. The van der Waals surface area contributed by atoms with Crippen LogP contribution in [0.4, 0.5) is 9.18 Å². The number of rotatable bonds is 7. The van der Waals surface area contributed by atoms with E-state index in [2.05, 4.69) is 10.2 Å². The minimum atomic E-state index is -0.258. The molecule has 0 radical (unpaired) electrons. The van der Waals surface area contributed by atoms with Gasteiger partial charge in [0.25, 0.3) is 0 Å². The maximum absolute atomic E-state index is 13.0. The zero-order valence-electron chi connectivity index (χ0n) is 19.0. The molecule has 6 nitrogen and oxygen atoms in total. The molecule has 0 atom stereocenters. The molecule has 1 aromatic carbocycles. The summed E-state index contributed by atoms with van der Waals surface area (Å²) in [7, 11) is 0. The number of amides is 1. The minimum absolute atomic E-state index is 0.00493. The Morgan fingerprint density at radius 1 is 0.969 bits per heavy atom. The van der Waals surface area contributed by atoms with E-state index in [-0.39, 0.29) is 30.2 Å². The van der Waals surface area contributed by atoms with Gasteiger partial charge in [0.05, 0.1) is 13.2 Å². The Balaban J connectivity index is 1.07. The summed E-state index contributed by atoms with van der Waals surface area (Å²) in [5.41, 5.74) is 0. The highest BCUT2D eigenvalue weighted by atomic mass is 19.1. The highest BCUT2D eigenvalue weighted by Gasteiger charge is 2.26. The van der Waals surface area contributed by atoms with E-state index in [1.54, 1.807) is 12.1 Å². The second-order valence-corrected chi connectivity index (χ2v) is 9.48. The van der Waals surface area contributed by atoms with Crippen LogP contribution in [0.3, 0.4) is 0 Å². The van der Waals surface area contributed by atoms with E-state index in [1.165, 1.54) is 31.4 Å². The summed E-state index contributed by atoms with van der Waals surface area (Å²) in [5.74, 6) is 1.27. The molecule has 0 spiro atoms. The van der Waals surface area contributed by atoms with E-state index in [0.29, 0.717) is 13.2 Å². The molecule has 1 aromatic rings. The van der Waals surface area contributed by atoms with Crippen LogP contribution in [0, 0.1) is 11.7 Å². The highest BCUT2D eigenvalue weighted by molar-refractivity contribution is 5.67. The number of carbonyl (C=O) groups excluding carboxylic acids is 1. The molecule has 1 N–H and O–H groups in total. The third-order valence-corrected chi connectivity index (χ3v) is 7.12. The van der Waals surface area contributed by atoms with Crippen LogP contribution in [-0.2, 0) is 9.47 Å². The summed E-state index contributed by atoms with van der Waals surface area (Å²) in [4.78, 5) is 14.7. The highest BCUT2D eigenvalue weighted by Crippen LogP contribution is 2.28. The average Bonchev–Trinajstić information content (AvgIpc) is 2.82. The van der Waals surface area contributed by atoms with Gasteiger partial charge in [0.1, 0.15) is 23.8 Å². The maximum Gasteiger partial charge on any atom is 0.407 e. The molecule has 32 heavy (non-hydrogen) atoms. The van der Waals surface area contributed by atoms with Crippen LogP contribution >= 0.6 is 0 Å². The Morgan fingerprint density at radius 2 is 1.66 bits per heavy atom. The van der Waals surface area contributed by atoms with E-state index in [0.717, 1.165) is 69.8 Å². The zero-order chi connectivity index (χ0) is 22.2. The van der Waals surface area contributed by atoms with E-state index in [4.69, 9.17) is 14.2 Å². The van der Waals surface area contributed by atoms with Crippen molar-refractivity contribution in [2.45, 2.75) is 76.0 Å². The predicted octanol–water partition coefficient (Wildman–Crippen LogP) is 4.52. The Hall–Kier alpha value is -1.86. The Kier molecular flexibility index (Phi) is 8.62. The number of hydrogen-bond donors (Lipinski definition) is 1. The Morgan fingerprint density at radius 3 is 2.34 bits per heavy atom. The number of carbonyl (C=O) groups is 1. The van der Waals surface area contributed by atoms with Crippen LogP contribution in [0.2, 0.25) is 0 Å². The predicted molar refractivity (Wildman–Crippen MR) is 120 cm³/mol. The smallest absolute Gasteiger partial charge is 0.407 e. The molecule has 7 heteroatoms. The summed E-state index contributed by atoms with van der Waals surface area (Å²) in [6, 6.07) is 6.56.